The number of carbonyl (C=O) groups is 1. The molecule has 10 heteroatoms. The van der Waals surface area contributed by atoms with Gasteiger partial charge in [0.2, 0.25) is 0 Å². The SMILES string of the molecule is COc1ccc(-c2cc(C(=O)Nc3ccccc3SC)c3c(C)nn(C4CCS(=O)(=O)C4)c3n2)cc1. The number of anilines is 1. The van der Waals surface area contributed by atoms with E-state index in [9.17, 15) is 13.2 Å². The number of aryl methyl sites for hydroxylation is 1. The fraction of sp³-hybridized carbons (Fsp3) is 0.269. The smallest absolute Gasteiger partial charge is 0.256 e. The Bertz CT molecular complexity index is 1560. The molecule has 1 aliphatic heterocycles. The molecule has 3 heterocycles. The van der Waals surface area contributed by atoms with Crippen molar-refractivity contribution in [1.29, 1.82) is 0 Å². The molecule has 0 radical (unpaired) electrons. The fourth-order valence-electron chi connectivity index (χ4n) is 4.56. The summed E-state index contributed by atoms with van der Waals surface area (Å²) in [6.45, 7) is 1.82. The fourth-order valence-corrected chi connectivity index (χ4v) is 6.81. The van der Waals surface area contributed by atoms with E-state index in [1.54, 1.807) is 29.6 Å². The Morgan fingerprint density at radius 2 is 1.92 bits per heavy atom. The summed E-state index contributed by atoms with van der Waals surface area (Å²) in [6, 6.07) is 16.5. The molecular formula is C26H26N4O4S2. The van der Waals surface area contributed by atoms with E-state index in [0.29, 0.717) is 40.2 Å². The number of fused-ring (bicyclic) bond motifs is 1. The van der Waals surface area contributed by atoms with Crippen molar-refractivity contribution < 1.29 is 17.9 Å². The zero-order chi connectivity index (χ0) is 25.4. The van der Waals surface area contributed by atoms with Crippen molar-refractivity contribution in [1.82, 2.24) is 14.8 Å². The van der Waals surface area contributed by atoms with E-state index in [4.69, 9.17) is 9.72 Å². The Kier molecular flexibility index (Phi) is 6.48. The molecule has 5 rings (SSSR count). The van der Waals surface area contributed by atoms with Crippen LogP contribution in [0.4, 0.5) is 5.69 Å². The van der Waals surface area contributed by atoms with Gasteiger partial charge in [0.25, 0.3) is 5.91 Å². The van der Waals surface area contributed by atoms with Gasteiger partial charge in [0.15, 0.2) is 15.5 Å². The van der Waals surface area contributed by atoms with Crippen molar-refractivity contribution >= 4 is 44.2 Å². The first-order valence-corrected chi connectivity index (χ1v) is 14.5. The number of nitrogens with one attached hydrogen (secondary N) is 1. The van der Waals surface area contributed by atoms with Crippen molar-refractivity contribution in [3.05, 3.63) is 65.9 Å². The highest BCUT2D eigenvalue weighted by Crippen LogP contribution is 2.33. The summed E-state index contributed by atoms with van der Waals surface area (Å²) in [5, 5.41) is 8.34. The maximum absolute atomic E-state index is 13.7. The van der Waals surface area contributed by atoms with Gasteiger partial charge in [-0.3, -0.25) is 4.79 Å². The average Bonchev–Trinajstić information content (AvgIpc) is 3.42. The van der Waals surface area contributed by atoms with Gasteiger partial charge in [-0.25, -0.2) is 18.1 Å². The van der Waals surface area contributed by atoms with Crippen LogP contribution in [-0.2, 0) is 9.84 Å². The summed E-state index contributed by atoms with van der Waals surface area (Å²) < 4.78 is 31.4. The molecule has 4 aromatic rings. The lowest BCUT2D eigenvalue weighted by Crippen LogP contribution is -2.15. The molecule has 36 heavy (non-hydrogen) atoms. The molecule has 186 valence electrons. The number of para-hydroxylation sites is 1. The molecule has 0 bridgehead atoms. The largest absolute Gasteiger partial charge is 0.497 e. The van der Waals surface area contributed by atoms with Crippen LogP contribution in [0.2, 0.25) is 0 Å². The summed E-state index contributed by atoms with van der Waals surface area (Å²) in [6.07, 6.45) is 2.43. The maximum atomic E-state index is 13.7. The molecule has 2 aromatic carbocycles. The Labute approximate surface area is 214 Å². The number of pyridine rings is 1. The normalized spacial score (nSPS) is 16.8. The van der Waals surface area contributed by atoms with E-state index >= 15 is 0 Å². The summed E-state index contributed by atoms with van der Waals surface area (Å²) in [5.41, 5.74) is 3.69. The monoisotopic (exact) mass is 522 g/mol. The van der Waals surface area contributed by atoms with Crippen LogP contribution in [-0.4, -0.2) is 54.0 Å². The molecule has 1 saturated heterocycles. The predicted octanol–water partition coefficient (Wildman–Crippen LogP) is 4.75. The first-order valence-electron chi connectivity index (χ1n) is 11.5. The van der Waals surface area contributed by atoms with Crippen LogP contribution in [0.3, 0.4) is 0 Å². The Morgan fingerprint density at radius 3 is 2.58 bits per heavy atom. The number of thioether (sulfide) groups is 1. The summed E-state index contributed by atoms with van der Waals surface area (Å²) >= 11 is 1.55. The zero-order valence-corrected chi connectivity index (χ0v) is 21.8. The number of hydrogen-bond donors (Lipinski definition) is 1. The van der Waals surface area contributed by atoms with Crippen molar-refractivity contribution in [2.75, 3.05) is 30.2 Å². The van der Waals surface area contributed by atoms with E-state index in [-0.39, 0.29) is 23.5 Å². The van der Waals surface area contributed by atoms with Crippen LogP contribution in [0.1, 0.15) is 28.5 Å². The van der Waals surface area contributed by atoms with Gasteiger partial charge in [0.1, 0.15) is 5.75 Å². The van der Waals surface area contributed by atoms with Crippen molar-refractivity contribution in [2.24, 2.45) is 0 Å². The highest BCUT2D eigenvalue weighted by atomic mass is 32.2. The van der Waals surface area contributed by atoms with Gasteiger partial charge >= 0.3 is 0 Å². The van der Waals surface area contributed by atoms with E-state index < -0.39 is 9.84 Å². The third-order valence-corrected chi connectivity index (χ3v) is 8.92. The lowest BCUT2D eigenvalue weighted by molar-refractivity contribution is 0.102. The van der Waals surface area contributed by atoms with Gasteiger partial charge in [-0.15, -0.1) is 11.8 Å². The number of sulfone groups is 1. The highest BCUT2D eigenvalue weighted by Gasteiger charge is 2.32. The first-order chi connectivity index (χ1) is 17.3. The molecule has 8 nitrogen and oxygen atoms in total. The molecule has 1 amide bonds. The Balaban J connectivity index is 1.67. The quantitative estimate of drug-likeness (QED) is 0.365. The zero-order valence-electron chi connectivity index (χ0n) is 20.2. The van der Waals surface area contributed by atoms with E-state index in [1.807, 2.05) is 61.7 Å². The number of rotatable bonds is 6. The van der Waals surface area contributed by atoms with E-state index in [0.717, 1.165) is 16.1 Å². The number of amides is 1. The number of nitrogens with zero attached hydrogens (tertiary/aromatic N) is 3. The lowest BCUT2D eigenvalue weighted by atomic mass is 10.0. The molecule has 1 aliphatic rings. The van der Waals surface area contributed by atoms with Crippen LogP contribution < -0.4 is 10.1 Å². The summed E-state index contributed by atoms with van der Waals surface area (Å²) in [4.78, 5) is 19.5. The molecule has 0 saturated carbocycles. The molecule has 1 unspecified atom stereocenters. The Morgan fingerprint density at radius 1 is 1.17 bits per heavy atom. The third-order valence-electron chi connectivity index (χ3n) is 6.38. The first kappa shape index (κ1) is 24.3. The van der Waals surface area contributed by atoms with Crippen molar-refractivity contribution in [3.8, 4) is 17.0 Å². The van der Waals surface area contributed by atoms with Gasteiger partial charge in [-0.2, -0.15) is 5.10 Å². The predicted molar refractivity (Wildman–Crippen MR) is 143 cm³/mol. The summed E-state index contributed by atoms with van der Waals surface area (Å²) in [7, 11) is -1.53. The van der Waals surface area contributed by atoms with Gasteiger partial charge in [0, 0.05) is 10.5 Å². The molecule has 0 aliphatic carbocycles. The van der Waals surface area contributed by atoms with Gasteiger partial charge in [0.05, 0.1) is 52.7 Å². The van der Waals surface area contributed by atoms with Crippen LogP contribution in [0.25, 0.3) is 22.3 Å². The minimum Gasteiger partial charge on any atom is -0.497 e. The second kappa shape index (κ2) is 9.59. The molecule has 1 atom stereocenters. The molecular weight excluding hydrogens is 496 g/mol. The lowest BCUT2D eigenvalue weighted by Gasteiger charge is -2.13. The van der Waals surface area contributed by atoms with Gasteiger partial charge in [-0.1, -0.05) is 12.1 Å². The molecule has 2 aromatic heterocycles. The second-order valence-corrected chi connectivity index (χ2v) is 11.8. The second-order valence-electron chi connectivity index (χ2n) is 8.72. The maximum Gasteiger partial charge on any atom is 0.256 e. The van der Waals surface area contributed by atoms with Crippen molar-refractivity contribution in [3.63, 3.8) is 0 Å². The van der Waals surface area contributed by atoms with Gasteiger partial charge < -0.3 is 10.1 Å². The van der Waals surface area contributed by atoms with Crippen LogP contribution in [0.15, 0.2) is 59.5 Å². The number of ether oxygens (including phenoxy) is 1. The van der Waals surface area contributed by atoms with E-state index in [1.165, 1.54) is 0 Å². The average molecular weight is 523 g/mol. The standard InChI is InChI=1S/C26H26N4O4S2/c1-16-24-20(26(31)28-21-6-4-5-7-23(21)35-3)14-22(17-8-10-19(34-2)11-9-17)27-25(24)30(29-16)18-12-13-36(32,33)15-18/h4-11,14,18H,12-13,15H2,1-3H3,(H,28,31). The molecule has 0 spiro atoms. The number of carbonyl (C=O) groups excluding carboxylic acids is 1. The number of methoxy groups -OCH3 is 1. The summed E-state index contributed by atoms with van der Waals surface area (Å²) in [5.74, 6) is 0.568. The number of aromatic nitrogens is 3. The minimum atomic E-state index is -3.13. The highest BCUT2D eigenvalue weighted by molar-refractivity contribution is 7.98. The third kappa shape index (κ3) is 4.58. The van der Waals surface area contributed by atoms with Crippen LogP contribution in [0, 0.1) is 6.92 Å². The number of benzene rings is 2. The van der Waals surface area contributed by atoms with Crippen LogP contribution >= 0.6 is 11.8 Å². The topological polar surface area (TPSA) is 103 Å². The van der Waals surface area contributed by atoms with Crippen molar-refractivity contribution in [2.45, 2.75) is 24.3 Å². The minimum absolute atomic E-state index is 0.0142. The van der Waals surface area contributed by atoms with Crippen LogP contribution in [0.5, 0.6) is 5.75 Å². The Hall–Kier alpha value is -3.37. The number of hydrogen-bond acceptors (Lipinski definition) is 7. The van der Waals surface area contributed by atoms with E-state index in [2.05, 4.69) is 10.4 Å². The molecule has 1 fully saturated rings. The van der Waals surface area contributed by atoms with Gasteiger partial charge in [-0.05, 0) is 62.1 Å². The molecule has 1 N–H and O–H groups in total.